The summed E-state index contributed by atoms with van der Waals surface area (Å²) < 4.78 is 0. The molecule has 1 saturated heterocycles. The van der Waals surface area contributed by atoms with Crippen molar-refractivity contribution in [3.8, 4) is 0 Å². The largest absolute Gasteiger partial charge is 0.299 e. The van der Waals surface area contributed by atoms with Crippen LogP contribution < -0.4 is 0 Å². The first-order valence-electron chi connectivity index (χ1n) is 5.30. The number of rotatable bonds is 1. The molecule has 0 bridgehead atoms. The van der Waals surface area contributed by atoms with Gasteiger partial charge in [-0.1, -0.05) is 19.9 Å². The van der Waals surface area contributed by atoms with Gasteiger partial charge in [-0.05, 0) is 30.5 Å². The molecular formula is C12H18N2. The predicted octanol–water partition coefficient (Wildman–Crippen LogP) is 2.34. The summed E-state index contributed by atoms with van der Waals surface area (Å²) in [5.74, 6) is 1.51. The number of aromatic nitrogens is 1. The Hall–Kier alpha value is -0.890. The first kappa shape index (κ1) is 9.66. The highest BCUT2D eigenvalue weighted by Gasteiger charge is 2.34. The minimum atomic E-state index is 0.554. The maximum Gasteiger partial charge on any atom is 0.0388 e. The van der Waals surface area contributed by atoms with Crippen LogP contribution in [0.15, 0.2) is 24.5 Å². The van der Waals surface area contributed by atoms with Gasteiger partial charge in [-0.2, -0.15) is 0 Å². The zero-order chi connectivity index (χ0) is 10.1. The van der Waals surface area contributed by atoms with E-state index in [1.165, 1.54) is 12.1 Å². The first-order valence-corrected chi connectivity index (χ1v) is 5.30. The van der Waals surface area contributed by atoms with E-state index in [1.807, 2.05) is 18.5 Å². The molecule has 0 aliphatic carbocycles. The fraction of sp³-hybridized carbons (Fsp3) is 0.583. The van der Waals surface area contributed by atoms with E-state index >= 15 is 0 Å². The Morgan fingerprint density at radius 1 is 1.43 bits per heavy atom. The van der Waals surface area contributed by atoms with E-state index in [4.69, 9.17) is 0 Å². The number of hydrogen-bond donors (Lipinski definition) is 0. The summed E-state index contributed by atoms with van der Waals surface area (Å²) in [4.78, 5) is 6.63. The van der Waals surface area contributed by atoms with Crippen LogP contribution in [0.3, 0.4) is 0 Å². The first-order chi connectivity index (χ1) is 6.70. The highest BCUT2D eigenvalue weighted by atomic mass is 15.2. The van der Waals surface area contributed by atoms with Crippen molar-refractivity contribution in [1.82, 2.24) is 9.88 Å². The van der Waals surface area contributed by atoms with Crippen LogP contribution in [0.25, 0.3) is 0 Å². The van der Waals surface area contributed by atoms with Gasteiger partial charge in [0.15, 0.2) is 0 Å². The Labute approximate surface area is 86.0 Å². The minimum Gasteiger partial charge on any atom is -0.299 e. The van der Waals surface area contributed by atoms with Crippen molar-refractivity contribution in [2.75, 3.05) is 13.6 Å². The fourth-order valence-corrected chi connectivity index (χ4v) is 2.56. The molecule has 3 atom stereocenters. The molecular weight excluding hydrogens is 172 g/mol. The van der Waals surface area contributed by atoms with Crippen LogP contribution in [0, 0.1) is 11.8 Å². The molecule has 76 valence electrons. The molecule has 0 spiro atoms. The Kier molecular flexibility index (Phi) is 2.55. The molecule has 2 unspecified atom stereocenters. The van der Waals surface area contributed by atoms with E-state index in [9.17, 15) is 0 Å². The van der Waals surface area contributed by atoms with Crippen LogP contribution >= 0.6 is 0 Å². The second-order valence-corrected chi connectivity index (χ2v) is 4.51. The van der Waals surface area contributed by atoms with Crippen molar-refractivity contribution in [2.24, 2.45) is 11.8 Å². The maximum atomic E-state index is 4.20. The Morgan fingerprint density at radius 3 is 2.71 bits per heavy atom. The van der Waals surface area contributed by atoms with Crippen LogP contribution in [0.5, 0.6) is 0 Å². The van der Waals surface area contributed by atoms with Crippen LogP contribution in [0.1, 0.15) is 25.5 Å². The molecule has 1 fully saturated rings. The zero-order valence-electron chi connectivity index (χ0n) is 9.14. The number of pyridine rings is 1. The quantitative estimate of drug-likeness (QED) is 0.675. The summed E-state index contributed by atoms with van der Waals surface area (Å²) >= 11 is 0. The normalized spacial score (nSPS) is 33.5. The molecule has 0 saturated carbocycles. The lowest BCUT2D eigenvalue weighted by atomic mass is 9.90. The number of hydrogen-bond acceptors (Lipinski definition) is 2. The summed E-state index contributed by atoms with van der Waals surface area (Å²) in [6, 6.07) is 4.76. The lowest BCUT2D eigenvalue weighted by molar-refractivity contribution is 0.284. The number of likely N-dealkylation sites (tertiary alicyclic amines) is 1. The van der Waals surface area contributed by atoms with Crippen LogP contribution in [-0.2, 0) is 0 Å². The minimum absolute atomic E-state index is 0.554. The fourth-order valence-electron chi connectivity index (χ4n) is 2.56. The van der Waals surface area contributed by atoms with Gasteiger partial charge < -0.3 is 0 Å². The SMILES string of the molecule is CC1CN(C)[C@H](c2cccnc2)C1C. The van der Waals surface area contributed by atoms with Gasteiger partial charge in [0.1, 0.15) is 0 Å². The van der Waals surface area contributed by atoms with Crippen molar-refractivity contribution in [3.05, 3.63) is 30.1 Å². The summed E-state index contributed by atoms with van der Waals surface area (Å²) in [6.45, 7) is 5.87. The van der Waals surface area contributed by atoms with E-state index < -0.39 is 0 Å². The Morgan fingerprint density at radius 2 is 2.21 bits per heavy atom. The predicted molar refractivity (Wildman–Crippen MR) is 57.9 cm³/mol. The van der Waals surface area contributed by atoms with Crippen molar-refractivity contribution >= 4 is 0 Å². The summed E-state index contributed by atoms with van der Waals surface area (Å²) in [5.41, 5.74) is 1.35. The third-order valence-electron chi connectivity index (χ3n) is 3.47. The molecule has 0 radical (unpaired) electrons. The number of nitrogens with zero attached hydrogens (tertiary/aromatic N) is 2. The molecule has 2 heteroatoms. The third kappa shape index (κ3) is 1.55. The van der Waals surface area contributed by atoms with E-state index in [0.717, 1.165) is 11.8 Å². The molecule has 1 aliphatic heterocycles. The lowest BCUT2D eigenvalue weighted by Crippen LogP contribution is -2.20. The second kappa shape index (κ2) is 3.70. The Balaban J connectivity index is 2.26. The molecule has 1 aromatic heterocycles. The molecule has 1 aliphatic rings. The van der Waals surface area contributed by atoms with Crippen molar-refractivity contribution in [1.29, 1.82) is 0 Å². The van der Waals surface area contributed by atoms with Crippen LogP contribution in [0.4, 0.5) is 0 Å². The smallest absolute Gasteiger partial charge is 0.0388 e. The molecule has 1 aromatic rings. The molecule has 0 N–H and O–H groups in total. The molecule has 14 heavy (non-hydrogen) atoms. The second-order valence-electron chi connectivity index (χ2n) is 4.51. The van der Waals surface area contributed by atoms with Gasteiger partial charge in [0.05, 0.1) is 0 Å². The summed E-state index contributed by atoms with van der Waals surface area (Å²) in [7, 11) is 2.21. The van der Waals surface area contributed by atoms with Gasteiger partial charge in [-0.25, -0.2) is 0 Å². The lowest BCUT2D eigenvalue weighted by Gasteiger charge is -2.23. The summed E-state index contributed by atoms with van der Waals surface area (Å²) in [6.07, 6.45) is 3.84. The van der Waals surface area contributed by atoms with Gasteiger partial charge in [0.25, 0.3) is 0 Å². The van der Waals surface area contributed by atoms with Crippen molar-refractivity contribution < 1.29 is 0 Å². The molecule has 0 aromatic carbocycles. The third-order valence-corrected chi connectivity index (χ3v) is 3.47. The van der Waals surface area contributed by atoms with Gasteiger partial charge >= 0.3 is 0 Å². The van der Waals surface area contributed by atoms with Crippen molar-refractivity contribution in [2.45, 2.75) is 19.9 Å². The standard InChI is InChI=1S/C12H18N2/c1-9-8-14(3)12(10(9)2)11-5-4-6-13-7-11/h4-7,9-10,12H,8H2,1-3H3/t9?,10?,12-/m0/s1. The highest BCUT2D eigenvalue weighted by Crippen LogP contribution is 2.38. The van der Waals surface area contributed by atoms with Gasteiger partial charge in [0, 0.05) is 25.0 Å². The highest BCUT2D eigenvalue weighted by molar-refractivity contribution is 5.16. The van der Waals surface area contributed by atoms with Crippen LogP contribution in [-0.4, -0.2) is 23.5 Å². The van der Waals surface area contributed by atoms with E-state index in [-0.39, 0.29) is 0 Å². The van der Waals surface area contributed by atoms with Gasteiger partial charge in [-0.3, -0.25) is 9.88 Å². The molecule has 2 heterocycles. The molecule has 2 nitrogen and oxygen atoms in total. The van der Waals surface area contributed by atoms with E-state index in [2.05, 4.69) is 36.8 Å². The molecule has 0 amide bonds. The van der Waals surface area contributed by atoms with E-state index in [0.29, 0.717) is 6.04 Å². The monoisotopic (exact) mass is 190 g/mol. The van der Waals surface area contributed by atoms with E-state index in [1.54, 1.807) is 0 Å². The van der Waals surface area contributed by atoms with Gasteiger partial charge in [0.2, 0.25) is 0 Å². The topological polar surface area (TPSA) is 16.1 Å². The summed E-state index contributed by atoms with van der Waals surface area (Å²) in [5, 5.41) is 0. The Bertz CT molecular complexity index is 296. The average molecular weight is 190 g/mol. The van der Waals surface area contributed by atoms with Gasteiger partial charge in [-0.15, -0.1) is 0 Å². The van der Waals surface area contributed by atoms with Crippen LogP contribution in [0.2, 0.25) is 0 Å². The molecule has 2 rings (SSSR count). The average Bonchev–Trinajstić information content (AvgIpc) is 2.43. The van der Waals surface area contributed by atoms with Crippen molar-refractivity contribution in [3.63, 3.8) is 0 Å². The maximum absolute atomic E-state index is 4.20. The zero-order valence-corrected chi connectivity index (χ0v) is 9.14.